The number of benzene rings is 1. The molecule has 2 aromatic heterocycles. The lowest BCUT2D eigenvalue weighted by molar-refractivity contribution is 0.714. The molecule has 4 rings (SSSR count). The smallest absolute Gasteiger partial charge is 0.169 e. The normalized spacial score (nSPS) is 14.2. The van der Waals surface area contributed by atoms with Gasteiger partial charge in [-0.1, -0.05) is 18.2 Å². The minimum atomic E-state index is 0.700. The lowest BCUT2D eigenvalue weighted by Gasteiger charge is -2.06. The van der Waals surface area contributed by atoms with Crippen LogP contribution < -0.4 is 5.32 Å². The number of aryl methyl sites for hydroxylation is 1. The van der Waals surface area contributed by atoms with Crippen molar-refractivity contribution in [3.63, 3.8) is 0 Å². The van der Waals surface area contributed by atoms with Crippen molar-refractivity contribution in [2.75, 3.05) is 5.32 Å². The Bertz CT molecular complexity index is 769. The Morgan fingerprint density at radius 3 is 2.73 bits per heavy atom. The average Bonchev–Trinajstić information content (AvgIpc) is 3.17. The number of nitrogens with one attached hydrogen (secondary N) is 1. The first-order valence-electron chi connectivity index (χ1n) is 7.53. The largest absolute Gasteiger partial charge is 0.362 e. The first kappa shape index (κ1) is 13.1. The summed E-state index contributed by atoms with van der Waals surface area (Å²) < 4.78 is 1.95. The maximum atomic E-state index is 4.46. The Balaban J connectivity index is 1.49. The van der Waals surface area contributed by atoms with Crippen LogP contribution >= 0.6 is 0 Å². The predicted molar refractivity (Wildman–Crippen MR) is 83.9 cm³/mol. The molecule has 1 aliphatic rings. The minimum absolute atomic E-state index is 0.700. The first-order valence-corrected chi connectivity index (χ1v) is 7.53. The molecule has 6 heteroatoms. The van der Waals surface area contributed by atoms with Gasteiger partial charge in [-0.2, -0.15) is 10.2 Å². The highest BCUT2D eigenvalue weighted by atomic mass is 15.5. The molecule has 1 N–H and O–H groups in total. The highest BCUT2D eigenvalue weighted by molar-refractivity contribution is 5.36. The average molecular weight is 294 g/mol. The summed E-state index contributed by atoms with van der Waals surface area (Å²) in [5.41, 5.74) is 3.55. The lowest BCUT2D eigenvalue weighted by Crippen LogP contribution is -2.08. The molecule has 0 amide bonds. The van der Waals surface area contributed by atoms with Crippen molar-refractivity contribution in [3.8, 4) is 5.69 Å². The molecule has 0 saturated heterocycles. The van der Waals surface area contributed by atoms with Crippen molar-refractivity contribution < 1.29 is 0 Å². The van der Waals surface area contributed by atoms with Crippen molar-refractivity contribution in [1.29, 1.82) is 0 Å². The Hall–Kier alpha value is -2.63. The monoisotopic (exact) mass is 294 g/mol. The number of aromatic nitrogens is 5. The van der Waals surface area contributed by atoms with Gasteiger partial charge in [-0.25, -0.2) is 0 Å². The standard InChI is InChI=1S/C16H18N6/c1-21-15(14(9-18-21)12-7-8-12)10-17-16-11-19-22(20-16)13-5-3-2-4-6-13/h2-6,9,11-12H,7-8,10H2,1H3,(H,17,20). The molecule has 3 aromatic rings. The number of hydrogen-bond donors (Lipinski definition) is 1. The molecule has 0 radical (unpaired) electrons. The van der Waals surface area contributed by atoms with Crippen LogP contribution in [0, 0.1) is 0 Å². The van der Waals surface area contributed by atoms with Gasteiger partial charge in [0, 0.05) is 7.05 Å². The maximum Gasteiger partial charge on any atom is 0.169 e. The summed E-state index contributed by atoms with van der Waals surface area (Å²) in [6.07, 6.45) is 6.31. The zero-order chi connectivity index (χ0) is 14.9. The van der Waals surface area contributed by atoms with Crippen molar-refractivity contribution in [3.05, 3.63) is 54.0 Å². The van der Waals surface area contributed by atoms with E-state index < -0.39 is 0 Å². The third-order valence-electron chi connectivity index (χ3n) is 4.03. The quantitative estimate of drug-likeness (QED) is 0.785. The van der Waals surface area contributed by atoms with Gasteiger partial charge in [0.2, 0.25) is 0 Å². The van der Waals surface area contributed by atoms with Crippen molar-refractivity contribution in [2.45, 2.75) is 25.3 Å². The molecule has 1 aliphatic carbocycles. The zero-order valence-corrected chi connectivity index (χ0v) is 12.5. The minimum Gasteiger partial charge on any atom is -0.362 e. The molecule has 1 aromatic carbocycles. The molecule has 0 unspecified atom stereocenters. The highest BCUT2D eigenvalue weighted by Crippen LogP contribution is 2.41. The Kier molecular flexibility index (Phi) is 3.14. The molecule has 0 aliphatic heterocycles. The van der Waals surface area contributed by atoms with Crippen LogP contribution in [0.4, 0.5) is 5.82 Å². The molecule has 0 spiro atoms. The summed E-state index contributed by atoms with van der Waals surface area (Å²) in [4.78, 5) is 1.63. The van der Waals surface area contributed by atoms with Crippen LogP contribution in [0.2, 0.25) is 0 Å². The summed E-state index contributed by atoms with van der Waals surface area (Å²) in [6, 6.07) is 9.90. The number of para-hydroxylation sites is 1. The molecule has 2 heterocycles. The third-order valence-corrected chi connectivity index (χ3v) is 4.03. The molecule has 1 fully saturated rings. The molecule has 1 saturated carbocycles. The van der Waals surface area contributed by atoms with Crippen LogP contribution in [-0.4, -0.2) is 24.8 Å². The molecule has 0 bridgehead atoms. The fourth-order valence-corrected chi connectivity index (χ4v) is 2.64. The van der Waals surface area contributed by atoms with E-state index in [0.29, 0.717) is 5.92 Å². The summed E-state index contributed by atoms with van der Waals surface area (Å²) in [5, 5.41) is 16.5. The van der Waals surface area contributed by atoms with E-state index in [4.69, 9.17) is 0 Å². The van der Waals surface area contributed by atoms with Crippen LogP contribution in [0.15, 0.2) is 42.7 Å². The van der Waals surface area contributed by atoms with E-state index in [1.165, 1.54) is 24.1 Å². The highest BCUT2D eigenvalue weighted by Gasteiger charge is 2.28. The van der Waals surface area contributed by atoms with Gasteiger partial charge >= 0.3 is 0 Å². The van der Waals surface area contributed by atoms with Crippen molar-refractivity contribution in [1.82, 2.24) is 24.8 Å². The second-order valence-corrected chi connectivity index (χ2v) is 5.65. The Labute approximate surface area is 128 Å². The van der Waals surface area contributed by atoms with E-state index in [9.17, 15) is 0 Å². The maximum absolute atomic E-state index is 4.46. The lowest BCUT2D eigenvalue weighted by atomic mass is 10.1. The molecule has 112 valence electrons. The molecular formula is C16H18N6. The molecular weight excluding hydrogens is 276 g/mol. The first-order chi connectivity index (χ1) is 10.8. The van der Waals surface area contributed by atoms with E-state index in [1.54, 1.807) is 11.0 Å². The topological polar surface area (TPSA) is 60.6 Å². The van der Waals surface area contributed by atoms with Crippen molar-refractivity contribution >= 4 is 5.82 Å². The van der Waals surface area contributed by atoms with E-state index >= 15 is 0 Å². The Morgan fingerprint density at radius 1 is 1.14 bits per heavy atom. The van der Waals surface area contributed by atoms with Gasteiger partial charge in [-0.3, -0.25) is 4.68 Å². The van der Waals surface area contributed by atoms with Gasteiger partial charge in [-0.15, -0.1) is 9.90 Å². The molecule has 22 heavy (non-hydrogen) atoms. The van der Waals surface area contributed by atoms with Gasteiger partial charge < -0.3 is 5.32 Å². The van der Waals surface area contributed by atoms with Gasteiger partial charge in [0.05, 0.1) is 30.3 Å². The van der Waals surface area contributed by atoms with E-state index in [-0.39, 0.29) is 0 Å². The third kappa shape index (κ3) is 2.47. The SMILES string of the molecule is Cn1ncc(C2CC2)c1CNc1cnn(-c2ccccc2)n1. The van der Waals surface area contributed by atoms with Crippen LogP contribution in [0.3, 0.4) is 0 Å². The summed E-state index contributed by atoms with van der Waals surface area (Å²) in [6.45, 7) is 0.718. The van der Waals surface area contributed by atoms with Gasteiger partial charge in [0.15, 0.2) is 5.82 Å². The van der Waals surface area contributed by atoms with Crippen LogP contribution in [0.25, 0.3) is 5.69 Å². The zero-order valence-electron chi connectivity index (χ0n) is 12.5. The van der Waals surface area contributed by atoms with Gasteiger partial charge in [0.1, 0.15) is 0 Å². The summed E-state index contributed by atoms with van der Waals surface area (Å²) in [5.74, 6) is 1.47. The van der Waals surface area contributed by atoms with Crippen LogP contribution in [-0.2, 0) is 13.6 Å². The number of nitrogens with zero attached hydrogens (tertiary/aromatic N) is 5. The summed E-state index contributed by atoms with van der Waals surface area (Å²) in [7, 11) is 1.99. The fraction of sp³-hybridized carbons (Fsp3) is 0.312. The van der Waals surface area contributed by atoms with Gasteiger partial charge in [-0.05, 0) is 36.5 Å². The molecule has 0 atom stereocenters. The molecule has 6 nitrogen and oxygen atoms in total. The number of rotatable bonds is 5. The second kappa shape index (κ2) is 5.29. The number of anilines is 1. The van der Waals surface area contributed by atoms with E-state index in [1.807, 2.05) is 48.3 Å². The van der Waals surface area contributed by atoms with E-state index in [2.05, 4.69) is 20.6 Å². The second-order valence-electron chi connectivity index (χ2n) is 5.65. The van der Waals surface area contributed by atoms with Crippen LogP contribution in [0.5, 0.6) is 0 Å². The van der Waals surface area contributed by atoms with Crippen molar-refractivity contribution in [2.24, 2.45) is 7.05 Å². The summed E-state index contributed by atoms with van der Waals surface area (Å²) >= 11 is 0. The Morgan fingerprint density at radius 2 is 1.95 bits per heavy atom. The number of hydrogen-bond acceptors (Lipinski definition) is 4. The van der Waals surface area contributed by atoms with Crippen LogP contribution in [0.1, 0.15) is 30.0 Å². The predicted octanol–water partition coefficient (Wildman–Crippen LogP) is 2.49. The fourth-order valence-electron chi connectivity index (χ4n) is 2.64. The van der Waals surface area contributed by atoms with Gasteiger partial charge in [0.25, 0.3) is 0 Å². The van der Waals surface area contributed by atoms with E-state index in [0.717, 1.165) is 18.1 Å².